The predicted octanol–water partition coefficient (Wildman–Crippen LogP) is 1.27. The fourth-order valence-corrected chi connectivity index (χ4v) is 2.71. The number of rotatable bonds is 7. The van der Waals surface area contributed by atoms with Crippen LogP contribution in [0.15, 0.2) is 72.9 Å². The van der Waals surface area contributed by atoms with Gasteiger partial charge in [0.05, 0.1) is 11.9 Å². The maximum atomic E-state index is 12.8. The van der Waals surface area contributed by atoms with Crippen LogP contribution in [-0.4, -0.2) is 33.4 Å². The van der Waals surface area contributed by atoms with E-state index in [9.17, 15) is 14.4 Å². The molecule has 0 spiro atoms. The van der Waals surface area contributed by atoms with Crippen molar-refractivity contribution in [1.29, 1.82) is 0 Å². The molecule has 0 saturated heterocycles. The summed E-state index contributed by atoms with van der Waals surface area (Å²) in [6.07, 6.45) is 1.65. The van der Waals surface area contributed by atoms with Gasteiger partial charge in [-0.3, -0.25) is 14.4 Å². The van der Waals surface area contributed by atoms with Crippen molar-refractivity contribution in [3.63, 3.8) is 0 Å². The molecule has 2 aromatic carbocycles. The van der Waals surface area contributed by atoms with E-state index in [2.05, 4.69) is 10.4 Å². The van der Waals surface area contributed by atoms with Gasteiger partial charge in [-0.15, -0.1) is 0 Å². The second-order valence-electron chi connectivity index (χ2n) is 5.91. The summed E-state index contributed by atoms with van der Waals surface area (Å²) in [6.45, 7) is 0. The molecule has 7 heteroatoms. The van der Waals surface area contributed by atoms with Gasteiger partial charge in [-0.1, -0.05) is 48.5 Å². The van der Waals surface area contributed by atoms with Crippen LogP contribution in [0.25, 0.3) is 5.69 Å². The number of hydrogen-bond acceptors (Lipinski definition) is 4. The van der Waals surface area contributed by atoms with Gasteiger partial charge in [-0.25, -0.2) is 4.68 Å². The molecule has 2 amide bonds. The van der Waals surface area contributed by atoms with E-state index < -0.39 is 23.6 Å². The summed E-state index contributed by atoms with van der Waals surface area (Å²) in [6, 6.07) is 18.7. The molecule has 0 radical (unpaired) electrons. The van der Waals surface area contributed by atoms with Crippen LogP contribution >= 0.6 is 0 Å². The van der Waals surface area contributed by atoms with Crippen LogP contribution < -0.4 is 11.1 Å². The highest BCUT2D eigenvalue weighted by Gasteiger charge is 2.27. The van der Waals surface area contributed by atoms with Crippen LogP contribution in [0.1, 0.15) is 16.1 Å². The van der Waals surface area contributed by atoms with Crippen LogP contribution in [0.5, 0.6) is 0 Å². The first-order chi connectivity index (χ1) is 13.1. The van der Waals surface area contributed by atoms with Gasteiger partial charge in [0.25, 0.3) is 11.8 Å². The fourth-order valence-electron chi connectivity index (χ4n) is 2.71. The number of para-hydroxylation sites is 1. The molecule has 7 nitrogen and oxygen atoms in total. The molecule has 27 heavy (non-hydrogen) atoms. The molecule has 1 heterocycles. The molecule has 0 unspecified atom stereocenters. The lowest BCUT2D eigenvalue weighted by atomic mass is 10.0. The quantitative estimate of drug-likeness (QED) is 0.617. The van der Waals surface area contributed by atoms with Gasteiger partial charge in [0.15, 0.2) is 0 Å². The van der Waals surface area contributed by atoms with Gasteiger partial charge in [0, 0.05) is 6.42 Å². The van der Waals surface area contributed by atoms with E-state index in [4.69, 9.17) is 5.73 Å². The number of aromatic nitrogens is 2. The first kappa shape index (κ1) is 18.1. The van der Waals surface area contributed by atoms with Gasteiger partial charge < -0.3 is 11.1 Å². The summed E-state index contributed by atoms with van der Waals surface area (Å²) < 4.78 is 1.46. The van der Waals surface area contributed by atoms with Crippen LogP contribution in [-0.2, 0) is 16.0 Å². The van der Waals surface area contributed by atoms with Crippen molar-refractivity contribution in [3.05, 3.63) is 84.2 Å². The summed E-state index contributed by atoms with van der Waals surface area (Å²) in [4.78, 5) is 36.3. The van der Waals surface area contributed by atoms with Crippen molar-refractivity contribution < 1.29 is 14.4 Å². The second kappa shape index (κ2) is 8.09. The van der Waals surface area contributed by atoms with E-state index in [0.717, 1.165) is 5.56 Å². The summed E-state index contributed by atoms with van der Waals surface area (Å²) in [7, 11) is 0. The Balaban J connectivity index is 1.84. The Morgan fingerprint density at radius 2 is 1.59 bits per heavy atom. The Morgan fingerprint density at radius 1 is 0.963 bits per heavy atom. The van der Waals surface area contributed by atoms with E-state index >= 15 is 0 Å². The first-order valence-electron chi connectivity index (χ1n) is 8.34. The number of nitrogens with one attached hydrogen (secondary N) is 1. The summed E-state index contributed by atoms with van der Waals surface area (Å²) in [5.41, 5.74) is 6.90. The van der Waals surface area contributed by atoms with Crippen molar-refractivity contribution >= 4 is 17.6 Å². The number of ketones is 1. The van der Waals surface area contributed by atoms with Gasteiger partial charge in [-0.05, 0) is 23.8 Å². The van der Waals surface area contributed by atoms with Crippen LogP contribution in [0.3, 0.4) is 0 Å². The van der Waals surface area contributed by atoms with Crippen LogP contribution in [0, 0.1) is 0 Å². The summed E-state index contributed by atoms with van der Waals surface area (Å²) in [5, 5.41) is 6.77. The number of primary amides is 1. The number of amides is 2. The van der Waals surface area contributed by atoms with Gasteiger partial charge in [0.1, 0.15) is 11.7 Å². The zero-order valence-electron chi connectivity index (χ0n) is 14.4. The fraction of sp³-hybridized carbons (Fsp3) is 0.100. The molecule has 0 saturated carbocycles. The Hall–Kier alpha value is -3.74. The molecule has 3 aromatic rings. The summed E-state index contributed by atoms with van der Waals surface area (Å²) in [5.74, 6) is -2.46. The smallest absolute Gasteiger partial charge is 0.287 e. The highest BCUT2D eigenvalue weighted by Crippen LogP contribution is 2.11. The SMILES string of the molecule is NC(=O)C(=O)[C@H](Cc1ccccc1)NC(=O)c1ccnn1-c1ccccc1. The molecule has 136 valence electrons. The van der Waals surface area contributed by atoms with Crippen molar-refractivity contribution in [2.75, 3.05) is 0 Å². The number of Topliss-reactive ketones (excluding diaryl/α,β-unsaturated/α-hetero) is 1. The Kier molecular flexibility index (Phi) is 5.41. The van der Waals surface area contributed by atoms with Crippen molar-refractivity contribution in [2.24, 2.45) is 5.73 Å². The molecule has 3 N–H and O–H groups in total. The largest absolute Gasteiger partial charge is 0.363 e. The zero-order chi connectivity index (χ0) is 19.2. The predicted molar refractivity (Wildman–Crippen MR) is 99.2 cm³/mol. The molecule has 0 fully saturated rings. The highest BCUT2D eigenvalue weighted by atomic mass is 16.2. The molecule has 1 atom stereocenters. The van der Waals surface area contributed by atoms with Crippen molar-refractivity contribution in [2.45, 2.75) is 12.5 Å². The number of nitrogens with zero attached hydrogens (tertiary/aromatic N) is 2. The third-order valence-corrected chi connectivity index (χ3v) is 4.02. The molecule has 0 aliphatic rings. The van der Waals surface area contributed by atoms with Gasteiger partial charge >= 0.3 is 0 Å². The molecule has 3 rings (SSSR count). The lowest BCUT2D eigenvalue weighted by Crippen LogP contribution is -2.47. The van der Waals surface area contributed by atoms with E-state index in [1.807, 2.05) is 48.5 Å². The Bertz CT molecular complexity index is 952. The Morgan fingerprint density at radius 3 is 2.22 bits per heavy atom. The van der Waals surface area contributed by atoms with E-state index in [1.54, 1.807) is 12.1 Å². The second-order valence-corrected chi connectivity index (χ2v) is 5.91. The first-order valence-corrected chi connectivity index (χ1v) is 8.34. The minimum Gasteiger partial charge on any atom is -0.363 e. The number of hydrogen-bond donors (Lipinski definition) is 2. The maximum Gasteiger partial charge on any atom is 0.287 e. The van der Waals surface area contributed by atoms with Crippen molar-refractivity contribution in [3.8, 4) is 5.69 Å². The zero-order valence-corrected chi connectivity index (χ0v) is 14.4. The molecule has 0 aliphatic carbocycles. The molecule has 0 bridgehead atoms. The van der Waals surface area contributed by atoms with Crippen LogP contribution in [0.4, 0.5) is 0 Å². The minimum atomic E-state index is -1.09. The minimum absolute atomic E-state index is 0.161. The van der Waals surface area contributed by atoms with E-state index in [0.29, 0.717) is 5.69 Å². The van der Waals surface area contributed by atoms with Crippen LogP contribution in [0.2, 0.25) is 0 Å². The highest BCUT2D eigenvalue weighted by molar-refractivity contribution is 6.38. The Labute approximate surface area is 155 Å². The normalized spacial score (nSPS) is 11.6. The lowest BCUT2D eigenvalue weighted by molar-refractivity contribution is -0.137. The van der Waals surface area contributed by atoms with E-state index in [-0.39, 0.29) is 12.1 Å². The standard InChI is InChI=1S/C20H18N4O3/c21-19(26)18(25)16(13-14-7-3-1-4-8-14)23-20(27)17-11-12-22-24(17)15-9-5-2-6-10-15/h1-12,16H,13H2,(H2,21,26)(H,23,27)/t16-/m0/s1. The number of nitrogens with two attached hydrogens (primary N) is 1. The lowest BCUT2D eigenvalue weighted by Gasteiger charge is -2.17. The van der Waals surface area contributed by atoms with E-state index in [1.165, 1.54) is 16.9 Å². The number of carbonyl (C=O) groups is 3. The monoisotopic (exact) mass is 362 g/mol. The topological polar surface area (TPSA) is 107 Å². The molecule has 0 aliphatic heterocycles. The average molecular weight is 362 g/mol. The number of benzene rings is 2. The molecule has 1 aromatic heterocycles. The summed E-state index contributed by atoms with van der Waals surface area (Å²) >= 11 is 0. The van der Waals surface area contributed by atoms with Gasteiger partial charge in [-0.2, -0.15) is 5.10 Å². The number of carbonyl (C=O) groups excluding carboxylic acids is 3. The molecular formula is C20H18N4O3. The molecular weight excluding hydrogens is 344 g/mol. The van der Waals surface area contributed by atoms with Crippen molar-refractivity contribution in [1.82, 2.24) is 15.1 Å². The third-order valence-electron chi connectivity index (χ3n) is 4.02. The average Bonchev–Trinajstić information content (AvgIpc) is 3.18. The maximum absolute atomic E-state index is 12.8. The third kappa shape index (κ3) is 4.27. The van der Waals surface area contributed by atoms with Gasteiger partial charge in [0.2, 0.25) is 5.78 Å².